The molecule has 2 saturated heterocycles. The Labute approximate surface area is 94.4 Å². The first-order valence-corrected chi connectivity index (χ1v) is 6.81. The van der Waals surface area contributed by atoms with Gasteiger partial charge in [-0.3, -0.25) is 0 Å². The molecule has 1 atom stereocenters. The van der Waals surface area contributed by atoms with Gasteiger partial charge >= 0.3 is 0 Å². The minimum atomic E-state index is 0.978. The van der Waals surface area contributed by atoms with Crippen molar-refractivity contribution in [1.82, 2.24) is 10.2 Å². The van der Waals surface area contributed by atoms with Crippen molar-refractivity contribution in [2.75, 3.05) is 32.7 Å². The molecule has 2 heterocycles. The zero-order chi connectivity index (χ0) is 10.5. The molecule has 0 saturated carbocycles. The quantitative estimate of drug-likeness (QED) is 0.764. The van der Waals surface area contributed by atoms with Crippen LogP contribution in [0.4, 0.5) is 0 Å². The molecule has 0 aliphatic carbocycles. The third kappa shape index (κ3) is 3.46. The van der Waals surface area contributed by atoms with E-state index in [2.05, 4.69) is 17.1 Å². The van der Waals surface area contributed by atoms with Crippen molar-refractivity contribution < 1.29 is 0 Å². The first kappa shape index (κ1) is 11.4. The van der Waals surface area contributed by atoms with Gasteiger partial charge in [-0.25, -0.2) is 0 Å². The summed E-state index contributed by atoms with van der Waals surface area (Å²) < 4.78 is 0. The Hall–Kier alpha value is -0.0800. The summed E-state index contributed by atoms with van der Waals surface area (Å²) in [5.41, 5.74) is 0. The number of rotatable bonds is 4. The molecule has 2 fully saturated rings. The lowest BCUT2D eigenvalue weighted by Crippen LogP contribution is -2.35. The average molecular weight is 210 g/mol. The Morgan fingerprint density at radius 2 is 1.93 bits per heavy atom. The van der Waals surface area contributed by atoms with E-state index in [0.717, 1.165) is 11.8 Å². The van der Waals surface area contributed by atoms with Crippen molar-refractivity contribution in [3.8, 4) is 0 Å². The third-order valence-corrected chi connectivity index (χ3v) is 4.04. The highest BCUT2D eigenvalue weighted by atomic mass is 15.1. The van der Waals surface area contributed by atoms with E-state index in [0.29, 0.717) is 0 Å². The van der Waals surface area contributed by atoms with Crippen molar-refractivity contribution in [1.29, 1.82) is 0 Å². The van der Waals surface area contributed by atoms with Gasteiger partial charge < -0.3 is 10.2 Å². The molecule has 2 aliphatic rings. The molecule has 0 unspecified atom stereocenters. The van der Waals surface area contributed by atoms with Crippen LogP contribution in [0.3, 0.4) is 0 Å². The number of hydrogen-bond donors (Lipinski definition) is 1. The normalized spacial score (nSPS) is 29.8. The second kappa shape index (κ2) is 5.86. The van der Waals surface area contributed by atoms with Crippen LogP contribution in [0, 0.1) is 11.8 Å². The van der Waals surface area contributed by atoms with Gasteiger partial charge in [0, 0.05) is 13.1 Å². The van der Waals surface area contributed by atoms with Crippen LogP contribution in [-0.4, -0.2) is 37.6 Å². The summed E-state index contributed by atoms with van der Waals surface area (Å²) >= 11 is 0. The summed E-state index contributed by atoms with van der Waals surface area (Å²) in [6, 6.07) is 0. The van der Waals surface area contributed by atoms with E-state index in [4.69, 9.17) is 0 Å². The monoisotopic (exact) mass is 210 g/mol. The summed E-state index contributed by atoms with van der Waals surface area (Å²) in [6.45, 7) is 8.94. The molecule has 0 amide bonds. The maximum Gasteiger partial charge on any atom is 0.00107 e. The van der Waals surface area contributed by atoms with Crippen molar-refractivity contribution in [2.45, 2.75) is 39.0 Å². The summed E-state index contributed by atoms with van der Waals surface area (Å²) in [7, 11) is 0. The van der Waals surface area contributed by atoms with E-state index < -0.39 is 0 Å². The van der Waals surface area contributed by atoms with Crippen LogP contribution in [0.5, 0.6) is 0 Å². The standard InChI is InChI=1S/C13H26N2/c1-2-3-12-6-9-15(10-12)11-13-4-7-14-8-5-13/h12-14H,2-11H2,1H3/t12-/m0/s1. The zero-order valence-electron chi connectivity index (χ0n) is 10.2. The fourth-order valence-electron chi connectivity index (χ4n) is 3.15. The highest BCUT2D eigenvalue weighted by Crippen LogP contribution is 2.23. The molecule has 88 valence electrons. The topological polar surface area (TPSA) is 15.3 Å². The highest BCUT2D eigenvalue weighted by Gasteiger charge is 2.24. The zero-order valence-corrected chi connectivity index (χ0v) is 10.2. The van der Waals surface area contributed by atoms with Crippen LogP contribution in [0.25, 0.3) is 0 Å². The molecular weight excluding hydrogens is 184 g/mol. The summed E-state index contributed by atoms with van der Waals surface area (Å²) in [4.78, 5) is 2.72. The second-order valence-corrected chi connectivity index (χ2v) is 5.40. The minimum absolute atomic E-state index is 0.978. The second-order valence-electron chi connectivity index (χ2n) is 5.40. The van der Waals surface area contributed by atoms with Crippen molar-refractivity contribution >= 4 is 0 Å². The Bertz CT molecular complexity index is 175. The van der Waals surface area contributed by atoms with Crippen molar-refractivity contribution in [3.63, 3.8) is 0 Å². The van der Waals surface area contributed by atoms with E-state index in [-0.39, 0.29) is 0 Å². The first-order valence-electron chi connectivity index (χ1n) is 6.81. The van der Waals surface area contributed by atoms with E-state index in [1.165, 1.54) is 64.8 Å². The Balaban J connectivity index is 1.67. The number of piperidine rings is 1. The lowest BCUT2D eigenvalue weighted by atomic mass is 9.97. The summed E-state index contributed by atoms with van der Waals surface area (Å²) in [6.07, 6.45) is 7.07. The van der Waals surface area contributed by atoms with Crippen molar-refractivity contribution in [2.24, 2.45) is 11.8 Å². The van der Waals surface area contributed by atoms with E-state index in [1.807, 2.05) is 0 Å². The maximum atomic E-state index is 3.45. The molecule has 15 heavy (non-hydrogen) atoms. The smallest absolute Gasteiger partial charge is 0.00107 e. The molecular formula is C13H26N2. The van der Waals surface area contributed by atoms with Gasteiger partial charge in [0.25, 0.3) is 0 Å². The maximum absolute atomic E-state index is 3.45. The van der Waals surface area contributed by atoms with Gasteiger partial charge in [0.05, 0.1) is 0 Å². The van der Waals surface area contributed by atoms with E-state index in [1.54, 1.807) is 0 Å². The Kier molecular flexibility index (Phi) is 4.45. The first-order chi connectivity index (χ1) is 7.38. The number of nitrogens with zero attached hydrogens (tertiary/aromatic N) is 1. The molecule has 0 bridgehead atoms. The lowest BCUT2D eigenvalue weighted by molar-refractivity contribution is 0.233. The average Bonchev–Trinajstić information content (AvgIpc) is 2.68. The van der Waals surface area contributed by atoms with Gasteiger partial charge in [-0.05, 0) is 57.2 Å². The van der Waals surface area contributed by atoms with Crippen LogP contribution in [0.2, 0.25) is 0 Å². The van der Waals surface area contributed by atoms with Gasteiger partial charge in [-0.15, -0.1) is 0 Å². The molecule has 0 spiro atoms. The summed E-state index contributed by atoms with van der Waals surface area (Å²) in [5.74, 6) is 1.99. The van der Waals surface area contributed by atoms with Crippen LogP contribution in [-0.2, 0) is 0 Å². The minimum Gasteiger partial charge on any atom is -0.317 e. The number of hydrogen-bond acceptors (Lipinski definition) is 2. The van der Waals surface area contributed by atoms with Gasteiger partial charge in [-0.1, -0.05) is 13.3 Å². The van der Waals surface area contributed by atoms with Crippen LogP contribution < -0.4 is 5.32 Å². The SMILES string of the molecule is CCC[C@H]1CCN(CC2CCNCC2)C1. The van der Waals surface area contributed by atoms with Crippen LogP contribution in [0.15, 0.2) is 0 Å². The third-order valence-electron chi connectivity index (χ3n) is 4.04. The molecule has 2 nitrogen and oxygen atoms in total. The Morgan fingerprint density at radius 3 is 2.67 bits per heavy atom. The summed E-state index contributed by atoms with van der Waals surface area (Å²) in [5, 5.41) is 3.45. The van der Waals surface area contributed by atoms with E-state index in [9.17, 15) is 0 Å². The molecule has 0 radical (unpaired) electrons. The van der Waals surface area contributed by atoms with E-state index >= 15 is 0 Å². The van der Waals surface area contributed by atoms with Gasteiger partial charge in [0.1, 0.15) is 0 Å². The molecule has 1 N–H and O–H groups in total. The predicted molar refractivity (Wildman–Crippen MR) is 65.0 cm³/mol. The Morgan fingerprint density at radius 1 is 1.13 bits per heavy atom. The highest BCUT2D eigenvalue weighted by molar-refractivity contribution is 4.79. The molecule has 0 aromatic carbocycles. The molecule has 2 heteroatoms. The molecule has 0 aromatic rings. The number of nitrogens with one attached hydrogen (secondary N) is 1. The fourth-order valence-corrected chi connectivity index (χ4v) is 3.15. The molecule has 2 aliphatic heterocycles. The van der Waals surface area contributed by atoms with Gasteiger partial charge in [-0.2, -0.15) is 0 Å². The molecule has 2 rings (SSSR count). The van der Waals surface area contributed by atoms with Crippen LogP contribution in [0.1, 0.15) is 39.0 Å². The number of likely N-dealkylation sites (tertiary alicyclic amines) is 1. The fraction of sp³-hybridized carbons (Fsp3) is 1.00. The van der Waals surface area contributed by atoms with Gasteiger partial charge in [0.15, 0.2) is 0 Å². The lowest BCUT2D eigenvalue weighted by Gasteiger charge is -2.27. The molecule has 0 aromatic heterocycles. The van der Waals surface area contributed by atoms with Crippen molar-refractivity contribution in [3.05, 3.63) is 0 Å². The largest absolute Gasteiger partial charge is 0.317 e. The van der Waals surface area contributed by atoms with Gasteiger partial charge in [0.2, 0.25) is 0 Å². The van der Waals surface area contributed by atoms with Crippen LogP contribution >= 0.6 is 0 Å². The predicted octanol–water partition coefficient (Wildman–Crippen LogP) is 2.11.